The second kappa shape index (κ2) is 9.47. The number of oxazole rings is 1. The van der Waals surface area contributed by atoms with Gasteiger partial charge in [-0.25, -0.2) is 21.8 Å². The van der Waals surface area contributed by atoms with Crippen molar-refractivity contribution in [2.24, 2.45) is 0 Å². The number of rotatable bonds is 9. The number of thioether (sulfide) groups is 1. The van der Waals surface area contributed by atoms with Gasteiger partial charge in [0.25, 0.3) is 5.22 Å². The van der Waals surface area contributed by atoms with Crippen LogP contribution in [0.25, 0.3) is 11.1 Å². The third-order valence-corrected chi connectivity index (χ3v) is 9.92. The van der Waals surface area contributed by atoms with Crippen LogP contribution in [0.2, 0.25) is 0 Å². The molecule has 0 bridgehead atoms. The zero-order chi connectivity index (χ0) is 22.8. The summed E-state index contributed by atoms with van der Waals surface area (Å²) in [6.07, 6.45) is 0.458. The summed E-state index contributed by atoms with van der Waals surface area (Å²) in [6.45, 7) is 6.55. The van der Waals surface area contributed by atoms with Crippen molar-refractivity contribution in [1.29, 1.82) is 0 Å². The number of aromatic nitrogens is 1. The number of fused-ring (bicyclic) bond motifs is 1. The first-order chi connectivity index (χ1) is 14.6. The van der Waals surface area contributed by atoms with Crippen LogP contribution in [0.5, 0.6) is 0 Å². The summed E-state index contributed by atoms with van der Waals surface area (Å²) in [5.74, 6) is -0.00820. The van der Waals surface area contributed by atoms with Gasteiger partial charge in [0.15, 0.2) is 15.4 Å². The van der Waals surface area contributed by atoms with Gasteiger partial charge in [-0.15, -0.1) is 0 Å². The molecular weight excluding hydrogens is 462 g/mol. The van der Waals surface area contributed by atoms with Crippen molar-refractivity contribution in [3.63, 3.8) is 0 Å². The molecule has 0 radical (unpaired) electrons. The molecule has 172 valence electrons. The first-order valence-electron chi connectivity index (χ1n) is 10.1. The van der Waals surface area contributed by atoms with Crippen LogP contribution >= 0.6 is 11.8 Å². The Bertz CT molecular complexity index is 1160. The third-order valence-electron chi connectivity index (χ3n) is 5.31. The average molecular weight is 490 g/mol. The minimum absolute atomic E-state index is 0.00389. The third kappa shape index (κ3) is 5.24. The van der Waals surface area contributed by atoms with Crippen molar-refractivity contribution in [3.05, 3.63) is 18.2 Å². The molecule has 12 heteroatoms. The van der Waals surface area contributed by atoms with Gasteiger partial charge >= 0.3 is 0 Å². The normalized spacial score (nSPS) is 18.6. The lowest BCUT2D eigenvalue weighted by Crippen LogP contribution is -2.41. The second-order valence-corrected chi connectivity index (χ2v) is 12.3. The van der Waals surface area contributed by atoms with Gasteiger partial charge in [-0.05, 0) is 31.5 Å². The first kappa shape index (κ1) is 24.0. The lowest BCUT2D eigenvalue weighted by molar-refractivity contribution is -0.129. The van der Waals surface area contributed by atoms with E-state index in [-0.39, 0.29) is 39.3 Å². The number of carbonyl (C=O) groups excluding carboxylic acids is 1. The number of carbonyl (C=O) groups is 1. The van der Waals surface area contributed by atoms with Gasteiger partial charge in [0.1, 0.15) is 5.52 Å². The summed E-state index contributed by atoms with van der Waals surface area (Å²) in [4.78, 5) is 18.7. The summed E-state index contributed by atoms with van der Waals surface area (Å²) in [5, 5.41) is 0.260. The lowest BCUT2D eigenvalue weighted by atomic mass is 10.2. The largest absolute Gasteiger partial charge is 0.431 e. The molecule has 0 saturated carbocycles. The molecule has 1 atom stereocenters. The van der Waals surface area contributed by atoms with Crippen molar-refractivity contribution < 1.29 is 26.0 Å². The Kier molecular flexibility index (Phi) is 7.34. The Balaban J connectivity index is 1.72. The van der Waals surface area contributed by atoms with E-state index in [1.54, 1.807) is 24.8 Å². The van der Waals surface area contributed by atoms with Crippen LogP contribution in [0.3, 0.4) is 0 Å². The van der Waals surface area contributed by atoms with Crippen LogP contribution < -0.4 is 0 Å². The van der Waals surface area contributed by atoms with Crippen molar-refractivity contribution in [3.8, 4) is 0 Å². The first-order valence-corrected chi connectivity index (χ1v) is 14.4. The zero-order valence-corrected chi connectivity index (χ0v) is 20.2. The molecule has 9 nitrogen and oxygen atoms in total. The fourth-order valence-electron chi connectivity index (χ4n) is 3.69. The van der Waals surface area contributed by atoms with E-state index in [2.05, 4.69) is 4.98 Å². The minimum atomic E-state index is -3.61. The number of hydrogen-bond acceptors (Lipinski definition) is 8. The molecule has 1 saturated heterocycles. The molecule has 31 heavy (non-hydrogen) atoms. The quantitative estimate of drug-likeness (QED) is 0.491. The predicted molar refractivity (Wildman–Crippen MR) is 119 cm³/mol. The highest BCUT2D eigenvalue weighted by Crippen LogP contribution is 2.27. The molecule has 3 rings (SSSR count). The minimum Gasteiger partial charge on any atom is -0.431 e. The highest BCUT2D eigenvalue weighted by Gasteiger charge is 2.34. The number of sulfonamides is 1. The molecule has 1 aliphatic rings. The molecule has 0 unspecified atom stereocenters. The fourth-order valence-corrected chi connectivity index (χ4v) is 7.62. The average Bonchev–Trinajstić information content (AvgIpc) is 3.29. The second-order valence-electron chi connectivity index (χ2n) is 7.22. The molecule has 1 aromatic heterocycles. The van der Waals surface area contributed by atoms with E-state index < -0.39 is 19.9 Å². The molecule has 1 aliphatic heterocycles. The van der Waals surface area contributed by atoms with Crippen LogP contribution in [0.15, 0.2) is 32.7 Å². The van der Waals surface area contributed by atoms with Gasteiger partial charge < -0.3 is 9.32 Å². The van der Waals surface area contributed by atoms with E-state index in [1.165, 1.54) is 16.4 Å². The summed E-state index contributed by atoms with van der Waals surface area (Å²) in [6, 6.07) is 4.23. The van der Waals surface area contributed by atoms with Crippen molar-refractivity contribution >= 4 is 48.6 Å². The van der Waals surface area contributed by atoms with Crippen LogP contribution in [-0.2, 0) is 24.7 Å². The van der Waals surface area contributed by atoms with E-state index >= 15 is 0 Å². The Labute approximate surface area is 187 Å². The standard InChI is InChI=1S/C19H27N3O6S3/c1-4-21(5-2)31(26,27)15-7-8-17-16(11-15)20-19(28-17)29-12-18(23)22(6-3)14-9-10-30(24,25)13-14/h7-8,11,14H,4-6,9-10,12-13H2,1-3H3/t14-/m0/s1. The van der Waals surface area contributed by atoms with E-state index in [4.69, 9.17) is 4.42 Å². The Morgan fingerprint density at radius 3 is 2.52 bits per heavy atom. The SMILES string of the molecule is CCN(C(=O)CSc1nc2cc(S(=O)(=O)N(CC)CC)ccc2o1)[C@H]1CCS(=O)(=O)C1. The Hall–Kier alpha value is -1.63. The van der Waals surface area contributed by atoms with Gasteiger partial charge in [0.2, 0.25) is 15.9 Å². The van der Waals surface area contributed by atoms with Crippen LogP contribution in [0.4, 0.5) is 0 Å². The number of amides is 1. The molecular formula is C19H27N3O6S3. The van der Waals surface area contributed by atoms with Gasteiger partial charge in [0.05, 0.1) is 22.2 Å². The number of benzene rings is 1. The van der Waals surface area contributed by atoms with Crippen molar-refractivity contribution in [1.82, 2.24) is 14.2 Å². The summed E-state index contributed by atoms with van der Waals surface area (Å²) >= 11 is 1.11. The van der Waals surface area contributed by atoms with E-state index in [0.717, 1.165) is 11.8 Å². The molecule has 0 N–H and O–H groups in total. The van der Waals surface area contributed by atoms with E-state index in [9.17, 15) is 21.6 Å². The summed E-state index contributed by atoms with van der Waals surface area (Å²) < 4.78 is 55.9. The van der Waals surface area contributed by atoms with Crippen LogP contribution in [-0.4, -0.2) is 79.9 Å². The van der Waals surface area contributed by atoms with E-state index in [0.29, 0.717) is 37.2 Å². The predicted octanol–water partition coefficient (Wildman–Crippen LogP) is 1.99. The molecule has 2 aromatic rings. The maximum Gasteiger partial charge on any atom is 0.257 e. The molecule has 2 heterocycles. The lowest BCUT2D eigenvalue weighted by Gasteiger charge is -2.26. The van der Waals surface area contributed by atoms with Crippen molar-refractivity contribution in [2.45, 2.75) is 43.4 Å². The summed E-state index contributed by atoms with van der Waals surface area (Å²) in [5.41, 5.74) is 0.833. The van der Waals surface area contributed by atoms with Gasteiger partial charge in [-0.2, -0.15) is 4.31 Å². The van der Waals surface area contributed by atoms with Crippen LogP contribution in [0, 0.1) is 0 Å². The number of hydrogen-bond donors (Lipinski definition) is 0. The molecule has 1 fully saturated rings. The van der Waals surface area contributed by atoms with Gasteiger partial charge in [-0.1, -0.05) is 25.6 Å². The maximum absolute atomic E-state index is 12.7. The molecule has 1 aromatic carbocycles. The molecule has 1 amide bonds. The van der Waals surface area contributed by atoms with Crippen molar-refractivity contribution in [2.75, 3.05) is 36.9 Å². The van der Waals surface area contributed by atoms with Gasteiger partial charge in [-0.3, -0.25) is 4.79 Å². The topological polar surface area (TPSA) is 118 Å². The Morgan fingerprint density at radius 2 is 1.94 bits per heavy atom. The monoisotopic (exact) mass is 489 g/mol. The van der Waals surface area contributed by atoms with Crippen LogP contribution in [0.1, 0.15) is 27.2 Å². The molecule has 0 aliphatic carbocycles. The number of nitrogens with zero attached hydrogens (tertiary/aromatic N) is 3. The number of sulfone groups is 1. The smallest absolute Gasteiger partial charge is 0.257 e. The fraction of sp³-hybridized carbons (Fsp3) is 0.579. The Morgan fingerprint density at radius 1 is 1.23 bits per heavy atom. The molecule has 0 spiro atoms. The zero-order valence-electron chi connectivity index (χ0n) is 17.8. The van der Waals surface area contributed by atoms with Gasteiger partial charge in [0, 0.05) is 25.7 Å². The maximum atomic E-state index is 12.7. The summed E-state index contributed by atoms with van der Waals surface area (Å²) in [7, 11) is -6.69. The highest BCUT2D eigenvalue weighted by atomic mass is 32.2. The van der Waals surface area contributed by atoms with E-state index in [1.807, 2.05) is 6.92 Å². The highest BCUT2D eigenvalue weighted by molar-refractivity contribution is 7.99.